The van der Waals surface area contributed by atoms with E-state index < -0.39 is 34.4 Å². The number of carbonyl (C=O) groups is 2. The number of carboxylic acid groups (broad SMARTS) is 2. The van der Waals surface area contributed by atoms with Gasteiger partial charge in [0.25, 0.3) is 5.56 Å². The summed E-state index contributed by atoms with van der Waals surface area (Å²) in [4.78, 5) is 37.3. The van der Waals surface area contributed by atoms with Crippen LogP contribution in [0, 0.1) is 5.82 Å². The van der Waals surface area contributed by atoms with E-state index in [0.29, 0.717) is 11.3 Å². The average molecular weight is 398 g/mol. The second kappa shape index (κ2) is 7.85. The zero-order valence-electron chi connectivity index (χ0n) is 14.8. The van der Waals surface area contributed by atoms with Gasteiger partial charge in [0, 0.05) is 5.56 Å². The number of pyridine rings is 1. The highest BCUT2D eigenvalue weighted by molar-refractivity contribution is 6.07. The van der Waals surface area contributed by atoms with Gasteiger partial charge in [-0.3, -0.25) is 4.79 Å². The number of nitrogens with one attached hydrogen (secondary N) is 1. The van der Waals surface area contributed by atoms with Crippen molar-refractivity contribution in [2.24, 2.45) is 0 Å². The molecular formula is C20H15FN2O6. The number of nitrogen functional groups attached to an aromatic ring is 1. The van der Waals surface area contributed by atoms with Crippen molar-refractivity contribution in [3.63, 3.8) is 0 Å². The van der Waals surface area contributed by atoms with Crippen molar-refractivity contribution >= 4 is 17.8 Å². The number of aromatic carboxylic acids is 2. The van der Waals surface area contributed by atoms with Crippen LogP contribution in [-0.2, 0) is 6.61 Å². The molecule has 5 N–H and O–H groups in total. The highest BCUT2D eigenvalue weighted by Crippen LogP contribution is 2.29. The van der Waals surface area contributed by atoms with E-state index in [2.05, 4.69) is 0 Å². The predicted molar refractivity (Wildman–Crippen MR) is 102 cm³/mol. The summed E-state index contributed by atoms with van der Waals surface area (Å²) in [6, 6.07) is 11.6. The van der Waals surface area contributed by atoms with Gasteiger partial charge in [0.1, 0.15) is 35.1 Å². The fourth-order valence-corrected chi connectivity index (χ4v) is 2.80. The molecule has 0 radical (unpaired) electrons. The zero-order valence-corrected chi connectivity index (χ0v) is 14.8. The molecule has 0 fully saturated rings. The quantitative estimate of drug-likeness (QED) is 0.500. The Kier molecular flexibility index (Phi) is 5.31. The lowest BCUT2D eigenvalue weighted by molar-refractivity contribution is 0.0695. The number of anilines is 1. The SMILES string of the molecule is Nc1[nH]c(=O)c(C(=O)O)c(-c2ccc(COc3ccc(F)cc3)cc2)c1C(=O)O. The first-order chi connectivity index (χ1) is 13.8. The number of rotatable bonds is 6. The van der Waals surface area contributed by atoms with Gasteiger partial charge in [0.15, 0.2) is 0 Å². The Morgan fingerprint density at radius 2 is 1.55 bits per heavy atom. The molecule has 0 saturated heterocycles. The molecule has 0 saturated carbocycles. The number of hydrogen-bond donors (Lipinski definition) is 4. The van der Waals surface area contributed by atoms with Gasteiger partial charge in [-0.25, -0.2) is 14.0 Å². The van der Waals surface area contributed by atoms with E-state index in [1.165, 1.54) is 36.4 Å². The molecule has 0 bridgehead atoms. The first kappa shape index (κ1) is 19.6. The van der Waals surface area contributed by atoms with Crippen molar-refractivity contribution in [1.82, 2.24) is 4.98 Å². The largest absolute Gasteiger partial charge is 0.489 e. The molecule has 0 spiro atoms. The van der Waals surface area contributed by atoms with E-state index in [4.69, 9.17) is 10.5 Å². The maximum Gasteiger partial charge on any atom is 0.342 e. The van der Waals surface area contributed by atoms with Crippen molar-refractivity contribution in [3.05, 3.63) is 81.4 Å². The first-order valence-electron chi connectivity index (χ1n) is 8.28. The van der Waals surface area contributed by atoms with Gasteiger partial charge in [-0.2, -0.15) is 0 Å². The Morgan fingerprint density at radius 3 is 2.10 bits per heavy atom. The Hall–Kier alpha value is -4.14. The molecule has 9 heteroatoms. The monoisotopic (exact) mass is 398 g/mol. The van der Waals surface area contributed by atoms with Crippen LogP contribution in [0.15, 0.2) is 53.3 Å². The van der Waals surface area contributed by atoms with Crippen LogP contribution in [0.5, 0.6) is 5.75 Å². The molecule has 148 valence electrons. The van der Waals surface area contributed by atoms with E-state index in [9.17, 15) is 29.0 Å². The number of H-pyrrole nitrogens is 1. The maximum atomic E-state index is 12.9. The van der Waals surface area contributed by atoms with Crippen LogP contribution in [0.2, 0.25) is 0 Å². The van der Waals surface area contributed by atoms with E-state index >= 15 is 0 Å². The molecule has 0 atom stereocenters. The van der Waals surface area contributed by atoms with Gasteiger partial charge in [-0.1, -0.05) is 24.3 Å². The van der Waals surface area contributed by atoms with Crippen molar-refractivity contribution in [3.8, 4) is 16.9 Å². The number of carboxylic acids is 2. The topological polar surface area (TPSA) is 143 Å². The molecule has 8 nitrogen and oxygen atoms in total. The molecule has 1 aromatic heterocycles. The Labute approximate surface area is 163 Å². The molecule has 3 aromatic rings. The minimum atomic E-state index is -1.58. The second-order valence-corrected chi connectivity index (χ2v) is 6.04. The van der Waals surface area contributed by atoms with Crippen molar-refractivity contribution in [2.75, 3.05) is 5.73 Å². The van der Waals surface area contributed by atoms with Gasteiger partial charge in [-0.05, 0) is 35.4 Å². The van der Waals surface area contributed by atoms with Crippen molar-refractivity contribution < 1.29 is 28.9 Å². The van der Waals surface area contributed by atoms with E-state index in [1.54, 1.807) is 12.1 Å². The molecule has 0 aliphatic carbocycles. The fraction of sp³-hybridized carbons (Fsp3) is 0.0500. The summed E-state index contributed by atoms with van der Waals surface area (Å²) in [5.74, 6) is -3.42. The van der Waals surface area contributed by atoms with Gasteiger partial charge >= 0.3 is 11.9 Å². The number of hydrogen-bond acceptors (Lipinski definition) is 5. The molecule has 29 heavy (non-hydrogen) atoms. The molecule has 1 heterocycles. The lowest BCUT2D eigenvalue weighted by Gasteiger charge is -2.13. The Bertz CT molecular complexity index is 1140. The summed E-state index contributed by atoms with van der Waals surface area (Å²) < 4.78 is 18.4. The van der Waals surface area contributed by atoms with E-state index in [0.717, 1.165) is 0 Å². The third-order valence-corrected chi connectivity index (χ3v) is 4.13. The third kappa shape index (κ3) is 4.08. The van der Waals surface area contributed by atoms with Gasteiger partial charge < -0.3 is 25.7 Å². The lowest BCUT2D eigenvalue weighted by Crippen LogP contribution is -2.24. The molecule has 3 rings (SSSR count). The standard InChI is InChI=1S/C20H15FN2O6/c21-12-5-7-13(8-6-12)29-9-10-1-3-11(4-2-10)14-15(19(25)26)17(22)23-18(24)16(14)20(27)28/h1-8H,9H2,(H,25,26)(H,27,28)(H3,22,23,24). The average Bonchev–Trinajstić information content (AvgIpc) is 2.66. The Morgan fingerprint density at radius 1 is 0.966 bits per heavy atom. The molecule has 0 amide bonds. The molecule has 0 aliphatic heterocycles. The van der Waals surface area contributed by atoms with Crippen LogP contribution in [-0.4, -0.2) is 27.1 Å². The molecular weight excluding hydrogens is 383 g/mol. The van der Waals surface area contributed by atoms with Crippen LogP contribution in [0.4, 0.5) is 10.2 Å². The third-order valence-electron chi connectivity index (χ3n) is 4.13. The minimum Gasteiger partial charge on any atom is -0.489 e. The number of aromatic amines is 1. The van der Waals surface area contributed by atoms with Gasteiger partial charge in [0.2, 0.25) is 0 Å². The summed E-state index contributed by atoms with van der Waals surface area (Å²) in [5, 5.41) is 18.8. The number of aromatic nitrogens is 1. The molecule has 0 aliphatic rings. The van der Waals surface area contributed by atoms with E-state index in [1.807, 2.05) is 4.98 Å². The Balaban J connectivity index is 1.97. The summed E-state index contributed by atoms with van der Waals surface area (Å²) in [6.07, 6.45) is 0. The van der Waals surface area contributed by atoms with Crippen LogP contribution in [0.3, 0.4) is 0 Å². The maximum absolute atomic E-state index is 12.9. The second-order valence-electron chi connectivity index (χ2n) is 6.04. The smallest absolute Gasteiger partial charge is 0.342 e. The fourth-order valence-electron chi connectivity index (χ4n) is 2.80. The number of nitrogens with two attached hydrogens (primary N) is 1. The summed E-state index contributed by atoms with van der Waals surface area (Å²) >= 11 is 0. The zero-order chi connectivity index (χ0) is 21.1. The molecule has 0 unspecified atom stereocenters. The summed E-state index contributed by atoms with van der Waals surface area (Å²) in [6.45, 7) is 0.140. The van der Waals surface area contributed by atoms with Crippen LogP contribution in [0.25, 0.3) is 11.1 Å². The minimum absolute atomic E-state index is 0.140. The molecule has 2 aromatic carbocycles. The lowest BCUT2D eigenvalue weighted by atomic mass is 9.95. The summed E-state index contributed by atoms with van der Waals surface area (Å²) in [5.41, 5.74) is 3.99. The van der Waals surface area contributed by atoms with Crippen LogP contribution < -0.4 is 16.0 Å². The number of ether oxygens (including phenoxy) is 1. The van der Waals surface area contributed by atoms with Gasteiger partial charge in [0.05, 0.1) is 0 Å². The predicted octanol–water partition coefficient (Wildman–Crippen LogP) is 2.74. The summed E-state index contributed by atoms with van der Waals surface area (Å²) in [7, 11) is 0. The van der Waals surface area contributed by atoms with Gasteiger partial charge in [-0.15, -0.1) is 0 Å². The first-order valence-corrected chi connectivity index (χ1v) is 8.28. The van der Waals surface area contributed by atoms with Crippen molar-refractivity contribution in [1.29, 1.82) is 0 Å². The van der Waals surface area contributed by atoms with E-state index in [-0.39, 0.29) is 23.6 Å². The number of halogens is 1. The van der Waals surface area contributed by atoms with Crippen LogP contribution in [0.1, 0.15) is 26.3 Å². The highest BCUT2D eigenvalue weighted by atomic mass is 19.1. The van der Waals surface area contributed by atoms with Crippen LogP contribution >= 0.6 is 0 Å². The normalized spacial score (nSPS) is 10.5. The highest BCUT2D eigenvalue weighted by Gasteiger charge is 2.26. The van der Waals surface area contributed by atoms with Crippen molar-refractivity contribution in [2.45, 2.75) is 6.61 Å². The number of benzene rings is 2.